The molecule has 0 bridgehead atoms. The second kappa shape index (κ2) is 7.87. The van der Waals surface area contributed by atoms with Crippen molar-refractivity contribution in [3.63, 3.8) is 0 Å². The van der Waals surface area contributed by atoms with Gasteiger partial charge >= 0.3 is 5.97 Å². The molecule has 0 aliphatic carbocycles. The molecule has 1 aliphatic rings. The predicted molar refractivity (Wildman–Crippen MR) is 95.5 cm³/mol. The molecule has 1 atom stereocenters. The molecule has 0 spiro atoms. The van der Waals surface area contributed by atoms with E-state index in [0.717, 1.165) is 11.1 Å². The highest BCUT2D eigenvalue weighted by Crippen LogP contribution is 2.25. The fourth-order valence-corrected chi connectivity index (χ4v) is 2.52. The Morgan fingerprint density at radius 1 is 0.923 bits per heavy atom. The van der Waals surface area contributed by atoms with Crippen LogP contribution in [0.5, 0.6) is 0 Å². The number of esters is 1. The molecule has 0 fully saturated rings. The highest BCUT2D eigenvalue weighted by atomic mass is 16.6. The smallest absolute Gasteiger partial charge is 0.377 e. The molecule has 0 unspecified atom stereocenters. The van der Waals surface area contributed by atoms with E-state index in [9.17, 15) is 9.59 Å². The molecule has 2 aromatic carbocycles. The van der Waals surface area contributed by atoms with Gasteiger partial charge in [0.1, 0.15) is 19.5 Å². The van der Waals surface area contributed by atoms with E-state index in [1.807, 2.05) is 38.1 Å². The summed E-state index contributed by atoms with van der Waals surface area (Å²) in [4.78, 5) is 25.4. The molecular formula is C21H20O5. The second-order valence-electron chi connectivity index (χ2n) is 6.13. The Bertz CT molecular complexity index is 818. The summed E-state index contributed by atoms with van der Waals surface area (Å²) in [6.07, 6.45) is 0.159. The lowest BCUT2D eigenvalue weighted by Crippen LogP contribution is -2.24. The van der Waals surface area contributed by atoms with Crippen LogP contribution >= 0.6 is 0 Å². The summed E-state index contributed by atoms with van der Waals surface area (Å²) in [6, 6.07) is 14.5. The number of hydrogen-bond acceptors (Lipinski definition) is 5. The number of carbonyl (C=O) groups excluding carboxylic acids is 2. The van der Waals surface area contributed by atoms with Gasteiger partial charge in [-0.05, 0) is 13.8 Å². The minimum atomic E-state index is -1.06. The van der Waals surface area contributed by atoms with Crippen molar-refractivity contribution in [2.24, 2.45) is 0 Å². The van der Waals surface area contributed by atoms with Crippen LogP contribution in [0.1, 0.15) is 33.2 Å². The first-order valence-electron chi connectivity index (χ1n) is 8.37. The van der Waals surface area contributed by atoms with Crippen LogP contribution in [-0.4, -0.2) is 25.0 Å². The van der Waals surface area contributed by atoms with Gasteiger partial charge in [-0.2, -0.15) is 0 Å². The van der Waals surface area contributed by atoms with Crippen molar-refractivity contribution in [3.05, 3.63) is 82.8 Å². The van der Waals surface area contributed by atoms with Gasteiger partial charge < -0.3 is 14.2 Å². The Labute approximate surface area is 152 Å². The molecule has 0 saturated heterocycles. The Balaban J connectivity index is 1.89. The van der Waals surface area contributed by atoms with E-state index in [4.69, 9.17) is 14.2 Å². The molecule has 5 nitrogen and oxygen atoms in total. The van der Waals surface area contributed by atoms with E-state index in [-0.39, 0.29) is 18.1 Å². The zero-order valence-electron chi connectivity index (χ0n) is 14.7. The highest BCUT2D eigenvalue weighted by molar-refractivity contribution is 6.01. The van der Waals surface area contributed by atoms with Crippen LogP contribution in [0, 0.1) is 13.8 Å². The molecule has 26 heavy (non-hydrogen) atoms. The Morgan fingerprint density at radius 2 is 1.54 bits per heavy atom. The van der Waals surface area contributed by atoms with Gasteiger partial charge in [0.15, 0.2) is 6.10 Å². The van der Waals surface area contributed by atoms with Gasteiger partial charge in [-0.25, -0.2) is 4.79 Å². The second-order valence-corrected chi connectivity index (χ2v) is 6.13. The molecule has 2 aromatic rings. The first-order chi connectivity index (χ1) is 12.5. The van der Waals surface area contributed by atoms with Crippen molar-refractivity contribution < 1.29 is 23.8 Å². The standard InChI is InChI=1S/C21H20O5/c1-14-3-7-16(8-4-14)19(22)20(17-9-5-15(2)6-10-17)26-21(23)18-13-24-11-12-25-18/h3-10,13,20H,11-12H2,1-2H3/t20-/m0/s1. The first-order valence-corrected chi connectivity index (χ1v) is 8.37. The van der Waals surface area contributed by atoms with Crippen LogP contribution in [0.2, 0.25) is 0 Å². The van der Waals surface area contributed by atoms with Crippen molar-refractivity contribution in [3.8, 4) is 0 Å². The minimum Gasteiger partial charge on any atom is -0.493 e. The van der Waals surface area contributed by atoms with Gasteiger partial charge in [-0.1, -0.05) is 59.7 Å². The molecule has 0 aromatic heterocycles. The van der Waals surface area contributed by atoms with E-state index >= 15 is 0 Å². The molecule has 1 heterocycles. The molecule has 0 N–H and O–H groups in total. The van der Waals surface area contributed by atoms with Crippen molar-refractivity contribution in [1.29, 1.82) is 0 Å². The third kappa shape index (κ3) is 4.11. The van der Waals surface area contributed by atoms with Crippen LogP contribution in [0.4, 0.5) is 0 Å². The number of aryl methyl sites for hydroxylation is 2. The summed E-state index contributed by atoms with van der Waals surface area (Å²) in [7, 11) is 0. The normalized spacial score (nSPS) is 14.5. The van der Waals surface area contributed by atoms with Crippen LogP contribution in [0.3, 0.4) is 0 Å². The molecule has 3 rings (SSSR count). The zero-order chi connectivity index (χ0) is 18.5. The van der Waals surface area contributed by atoms with E-state index in [0.29, 0.717) is 17.7 Å². The van der Waals surface area contributed by atoms with Crippen molar-refractivity contribution in [1.82, 2.24) is 0 Å². The van der Waals surface area contributed by atoms with Crippen LogP contribution in [0.25, 0.3) is 0 Å². The third-order valence-electron chi connectivity index (χ3n) is 4.03. The molecular weight excluding hydrogens is 332 g/mol. The maximum Gasteiger partial charge on any atom is 0.377 e. The minimum absolute atomic E-state index is 0.0370. The first kappa shape index (κ1) is 17.7. The van der Waals surface area contributed by atoms with Gasteiger partial charge in [-0.3, -0.25) is 4.79 Å². The van der Waals surface area contributed by atoms with Crippen LogP contribution < -0.4 is 0 Å². The van der Waals surface area contributed by atoms with Gasteiger partial charge in [0, 0.05) is 11.1 Å². The quantitative estimate of drug-likeness (QED) is 0.607. The molecule has 5 heteroatoms. The van der Waals surface area contributed by atoms with Gasteiger partial charge in [0.05, 0.1) is 0 Å². The zero-order valence-corrected chi connectivity index (χ0v) is 14.7. The summed E-state index contributed by atoms with van der Waals surface area (Å²) in [5, 5.41) is 0. The maximum absolute atomic E-state index is 13.0. The Hall–Kier alpha value is -3.08. The Morgan fingerprint density at radius 3 is 2.12 bits per heavy atom. The lowest BCUT2D eigenvalue weighted by molar-refractivity contribution is -0.148. The molecule has 0 amide bonds. The topological polar surface area (TPSA) is 61.8 Å². The largest absolute Gasteiger partial charge is 0.493 e. The number of ether oxygens (including phenoxy) is 3. The van der Waals surface area contributed by atoms with Crippen molar-refractivity contribution >= 4 is 11.8 Å². The molecule has 134 valence electrons. The number of benzene rings is 2. The third-order valence-corrected chi connectivity index (χ3v) is 4.03. The molecule has 0 saturated carbocycles. The lowest BCUT2D eigenvalue weighted by Gasteiger charge is -2.20. The van der Waals surface area contributed by atoms with Crippen LogP contribution in [0.15, 0.2) is 60.6 Å². The van der Waals surface area contributed by atoms with Crippen molar-refractivity contribution in [2.75, 3.05) is 13.2 Å². The fraction of sp³-hybridized carbons (Fsp3) is 0.238. The van der Waals surface area contributed by atoms with E-state index in [2.05, 4.69) is 0 Å². The number of hydrogen-bond donors (Lipinski definition) is 0. The maximum atomic E-state index is 13.0. The number of rotatable bonds is 5. The summed E-state index contributed by atoms with van der Waals surface area (Å²) in [6.45, 7) is 4.53. The molecule has 0 radical (unpaired) electrons. The lowest BCUT2D eigenvalue weighted by atomic mass is 9.98. The van der Waals surface area contributed by atoms with Gasteiger partial charge in [-0.15, -0.1) is 0 Å². The monoisotopic (exact) mass is 352 g/mol. The summed E-state index contributed by atoms with van der Waals surface area (Å²) in [5.74, 6) is -1.06. The van der Waals surface area contributed by atoms with Crippen LogP contribution in [-0.2, 0) is 19.0 Å². The van der Waals surface area contributed by atoms with Crippen molar-refractivity contribution in [2.45, 2.75) is 20.0 Å². The summed E-state index contributed by atoms with van der Waals surface area (Å²) < 4.78 is 15.8. The summed E-state index contributed by atoms with van der Waals surface area (Å²) in [5.41, 5.74) is 3.17. The number of carbonyl (C=O) groups is 2. The average Bonchev–Trinajstić information content (AvgIpc) is 2.67. The summed E-state index contributed by atoms with van der Waals surface area (Å²) >= 11 is 0. The average molecular weight is 352 g/mol. The van der Waals surface area contributed by atoms with Gasteiger partial charge in [0.25, 0.3) is 0 Å². The SMILES string of the molecule is Cc1ccc(C(=O)[C@@H](OC(=O)C2=COCCO2)c2ccc(C)cc2)cc1. The Kier molecular flexibility index (Phi) is 5.37. The number of ketones is 1. The molecule has 1 aliphatic heterocycles. The highest BCUT2D eigenvalue weighted by Gasteiger charge is 2.29. The number of Topliss-reactive ketones (excluding diaryl/α,β-unsaturated/α-hetero) is 1. The van der Waals surface area contributed by atoms with E-state index < -0.39 is 12.1 Å². The van der Waals surface area contributed by atoms with E-state index in [1.165, 1.54) is 6.26 Å². The fourth-order valence-electron chi connectivity index (χ4n) is 2.52. The predicted octanol–water partition coefficient (Wildman–Crippen LogP) is 3.66. The van der Waals surface area contributed by atoms with E-state index in [1.54, 1.807) is 24.3 Å². The van der Waals surface area contributed by atoms with Gasteiger partial charge in [0.2, 0.25) is 11.5 Å².